The van der Waals surface area contributed by atoms with Crippen molar-refractivity contribution in [1.29, 1.82) is 0 Å². The molecule has 2 nitrogen and oxygen atoms in total. The Morgan fingerprint density at radius 3 is 1.96 bits per heavy atom. The van der Waals surface area contributed by atoms with Gasteiger partial charge in [-0.1, -0.05) is 0 Å². The smallest absolute Gasteiger partial charge is 0.134 e. The third-order valence-electron chi connectivity index (χ3n) is 6.26. The Morgan fingerprint density at radius 2 is 1.54 bits per heavy atom. The van der Waals surface area contributed by atoms with Gasteiger partial charge in [-0.15, -0.1) is 22.7 Å². The summed E-state index contributed by atoms with van der Waals surface area (Å²) in [7, 11) is 2.29. The van der Waals surface area contributed by atoms with E-state index in [2.05, 4.69) is 48.7 Å². The fourth-order valence-electron chi connectivity index (χ4n) is 4.99. The highest BCUT2D eigenvalue weighted by Gasteiger charge is 2.44. The van der Waals surface area contributed by atoms with E-state index in [0.717, 1.165) is 28.3 Å². The molecule has 0 amide bonds. The number of thiophene rings is 2. The Kier molecular flexibility index (Phi) is 4.36. The van der Waals surface area contributed by atoms with Crippen molar-refractivity contribution in [3.8, 4) is 0 Å². The zero-order valence-electron chi connectivity index (χ0n) is 14.8. The van der Waals surface area contributed by atoms with Crippen molar-refractivity contribution in [2.75, 3.05) is 7.05 Å². The Labute approximate surface area is 153 Å². The molecule has 2 fully saturated rings. The van der Waals surface area contributed by atoms with E-state index in [9.17, 15) is 5.11 Å². The van der Waals surface area contributed by atoms with E-state index in [1.54, 1.807) is 22.7 Å². The van der Waals surface area contributed by atoms with Crippen LogP contribution in [0.1, 0.15) is 53.0 Å². The summed E-state index contributed by atoms with van der Waals surface area (Å²) in [5.74, 6) is 0.617. The zero-order chi connectivity index (χ0) is 16.9. The molecule has 0 aliphatic carbocycles. The first-order valence-electron chi connectivity index (χ1n) is 9.02. The maximum Gasteiger partial charge on any atom is 0.134 e. The van der Waals surface area contributed by atoms with Crippen LogP contribution < -0.4 is 0 Å². The van der Waals surface area contributed by atoms with E-state index in [4.69, 9.17) is 0 Å². The zero-order valence-corrected chi connectivity index (χ0v) is 16.4. The average molecular weight is 362 g/mol. The third-order valence-corrected chi connectivity index (χ3v) is 8.59. The number of aryl methyl sites for hydroxylation is 2. The Morgan fingerprint density at radius 1 is 1.04 bits per heavy atom. The quantitative estimate of drug-likeness (QED) is 0.835. The van der Waals surface area contributed by atoms with Gasteiger partial charge in [0, 0.05) is 21.8 Å². The van der Waals surface area contributed by atoms with Gasteiger partial charge >= 0.3 is 0 Å². The Bertz CT molecular complexity index is 665. The van der Waals surface area contributed by atoms with Crippen LogP contribution in [0.15, 0.2) is 22.9 Å². The number of hydrogen-bond donors (Lipinski definition) is 1. The summed E-state index contributed by atoms with van der Waals surface area (Å²) in [5, 5.41) is 16.2. The normalized spacial score (nSPS) is 27.8. The lowest BCUT2D eigenvalue weighted by molar-refractivity contribution is 0.0313. The molecular formula is C20H27NOS2. The number of rotatable bonds is 4. The summed E-state index contributed by atoms with van der Waals surface area (Å²) >= 11 is 3.43. The van der Waals surface area contributed by atoms with E-state index in [1.807, 2.05) is 0 Å². The van der Waals surface area contributed by atoms with E-state index < -0.39 is 5.60 Å². The molecule has 0 spiro atoms. The van der Waals surface area contributed by atoms with E-state index >= 15 is 0 Å². The average Bonchev–Trinajstić information content (AvgIpc) is 3.20. The first-order valence-corrected chi connectivity index (χ1v) is 10.8. The molecule has 130 valence electrons. The summed E-state index contributed by atoms with van der Waals surface area (Å²) in [6.07, 6.45) is 6.03. The largest absolute Gasteiger partial charge is 0.379 e. The minimum absolute atomic E-state index is 0.617. The molecule has 0 unspecified atom stereocenters. The molecule has 0 aromatic carbocycles. The number of hydrogen-bond acceptors (Lipinski definition) is 4. The van der Waals surface area contributed by atoms with Crippen molar-refractivity contribution in [1.82, 2.24) is 4.90 Å². The lowest BCUT2D eigenvalue weighted by Crippen LogP contribution is -2.42. The molecule has 3 atom stereocenters. The maximum atomic E-state index is 11.9. The molecule has 4 rings (SSSR count). The molecule has 2 aromatic heterocycles. The van der Waals surface area contributed by atoms with Gasteiger partial charge in [0.2, 0.25) is 0 Å². The molecule has 2 saturated heterocycles. The molecule has 2 aliphatic rings. The molecular weight excluding hydrogens is 334 g/mol. The highest BCUT2D eigenvalue weighted by molar-refractivity contribution is 7.12. The van der Waals surface area contributed by atoms with Crippen LogP contribution in [0.25, 0.3) is 0 Å². The van der Waals surface area contributed by atoms with Crippen LogP contribution >= 0.6 is 22.7 Å². The van der Waals surface area contributed by atoms with Gasteiger partial charge < -0.3 is 10.0 Å². The second kappa shape index (κ2) is 6.24. The van der Waals surface area contributed by atoms with Gasteiger partial charge in [0.05, 0.1) is 0 Å². The summed E-state index contributed by atoms with van der Waals surface area (Å²) < 4.78 is 0. The van der Waals surface area contributed by atoms with Gasteiger partial charge in [-0.3, -0.25) is 0 Å². The molecule has 1 N–H and O–H groups in total. The summed E-state index contributed by atoms with van der Waals surface area (Å²) in [5.41, 5.74) is 1.65. The molecule has 24 heavy (non-hydrogen) atoms. The van der Waals surface area contributed by atoms with Crippen LogP contribution in [0.2, 0.25) is 0 Å². The Hall–Kier alpha value is -0.680. The Balaban J connectivity index is 1.67. The lowest BCUT2D eigenvalue weighted by Gasteiger charge is -2.40. The summed E-state index contributed by atoms with van der Waals surface area (Å²) in [4.78, 5) is 4.89. The van der Waals surface area contributed by atoms with Gasteiger partial charge in [-0.25, -0.2) is 0 Å². The van der Waals surface area contributed by atoms with Gasteiger partial charge in [0.15, 0.2) is 0 Å². The predicted octanol–water partition coefficient (Wildman–Crippen LogP) is 4.93. The molecule has 0 radical (unpaired) electrons. The van der Waals surface area contributed by atoms with Crippen LogP contribution in [0.3, 0.4) is 0 Å². The summed E-state index contributed by atoms with van der Waals surface area (Å²) in [6.45, 7) is 4.27. The highest BCUT2D eigenvalue weighted by atomic mass is 32.1. The second-order valence-corrected chi connectivity index (χ2v) is 9.65. The molecule has 4 heterocycles. The fourth-order valence-corrected chi connectivity index (χ4v) is 7.14. The first kappa shape index (κ1) is 16.8. The van der Waals surface area contributed by atoms with Crippen molar-refractivity contribution in [2.24, 2.45) is 5.92 Å². The van der Waals surface area contributed by atoms with Crippen LogP contribution in [-0.4, -0.2) is 29.1 Å². The fraction of sp³-hybridized carbons (Fsp3) is 0.600. The van der Waals surface area contributed by atoms with Crippen LogP contribution in [-0.2, 0) is 5.60 Å². The van der Waals surface area contributed by atoms with E-state index in [1.165, 1.54) is 36.8 Å². The number of piperidine rings is 1. The predicted molar refractivity (Wildman–Crippen MR) is 103 cm³/mol. The van der Waals surface area contributed by atoms with Crippen LogP contribution in [0.5, 0.6) is 0 Å². The van der Waals surface area contributed by atoms with Crippen LogP contribution in [0, 0.1) is 19.8 Å². The molecule has 2 aliphatic heterocycles. The number of aliphatic hydroxyl groups is 1. The van der Waals surface area contributed by atoms with Crippen molar-refractivity contribution in [2.45, 2.75) is 63.6 Å². The lowest BCUT2D eigenvalue weighted by atomic mass is 9.79. The van der Waals surface area contributed by atoms with Crippen molar-refractivity contribution in [3.05, 3.63) is 43.8 Å². The van der Waals surface area contributed by atoms with Gasteiger partial charge in [-0.2, -0.15) is 0 Å². The number of nitrogens with zero attached hydrogens (tertiary/aromatic N) is 1. The van der Waals surface area contributed by atoms with Gasteiger partial charge in [0.1, 0.15) is 5.60 Å². The monoisotopic (exact) mass is 361 g/mol. The van der Waals surface area contributed by atoms with Gasteiger partial charge in [-0.05, 0) is 92.9 Å². The van der Waals surface area contributed by atoms with E-state index in [0.29, 0.717) is 5.92 Å². The molecule has 2 bridgehead atoms. The summed E-state index contributed by atoms with van der Waals surface area (Å²) in [6, 6.07) is 5.75. The third kappa shape index (κ3) is 2.68. The second-order valence-electron chi connectivity index (χ2n) is 7.82. The maximum absolute atomic E-state index is 11.9. The standard InChI is InChI=1S/C20H27NOS2/c1-13-6-8-23-18(13)20(22,19-14(2)7-9-24-19)12-15-10-16-4-5-17(11-15)21(16)3/h6-9,15-17,22H,4-5,10-12H2,1-3H3/t15-,16+,17-. The SMILES string of the molecule is Cc1ccsc1C(O)(C[C@H]1C[C@H]2CC[C@@H](C1)N2C)c1sccc1C. The topological polar surface area (TPSA) is 23.5 Å². The molecule has 2 aromatic rings. The first-order chi connectivity index (χ1) is 11.5. The minimum Gasteiger partial charge on any atom is -0.379 e. The number of fused-ring (bicyclic) bond motifs is 2. The minimum atomic E-state index is -0.809. The van der Waals surface area contributed by atoms with Crippen molar-refractivity contribution in [3.63, 3.8) is 0 Å². The van der Waals surface area contributed by atoms with E-state index in [-0.39, 0.29) is 0 Å². The molecule has 0 saturated carbocycles. The van der Waals surface area contributed by atoms with Crippen LogP contribution in [0.4, 0.5) is 0 Å². The van der Waals surface area contributed by atoms with Gasteiger partial charge in [0.25, 0.3) is 0 Å². The van der Waals surface area contributed by atoms with Crippen molar-refractivity contribution >= 4 is 22.7 Å². The van der Waals surface area contributed by atoms with Crippen molar-refractivity contribution < 1.29 is 5.11 Å². The highest BCUT2D eigenvalue weighted by Crippen LogP contribution is 2.48. The molecule has 4 heteroatoms.